The van der Waals surface area contributed by atoms with Crippen LogP contribution in [-0.2, 0) is 11.3 Å². The smallest absolute Gasteiger partial charge is 0.128 e. The largest absolute Gasteiger partial charge is 0.490 e. The van der Waals surface area contributed by atoms with Crippen LogP contribution in [-0.4, -0.2) is 49.5 Å². The van der Waals surface area contributed by atoms with Gasteiger partial charge in [-0.1, -0.05) is 36.4 Å². The molecule has 154 valence electrons. The molecule has 0 N–H and O–H groups in total. The van der Waals surface area contributed by atoms with Crippen LogP contribution in [0.1, 0.15) is 5.56 Å². The maximum absolute atomic E-state index is 5.92. The fourth-order valence-electron chi connectivity index (χ4n) is 3.42. The summed E-state index contributed by atoms with van der Waals surface area (Å²) in [5.41, 5.74) is 5.05. The first-order chi connectivity index (χ1) is 14.7. The van der Waals surface area contributed by atoms with Crippen molar-refractivity contribution in [2.24, 2.45) is 0 Å². The predicted octanol–water partition coefficient (Wildman–Crippen LogP) is 5.11. The van der Waals surface area contributed by atoms with Gasteiger partial charge in [-0.15, -0.1) is 21.5 Å². The molecule has 0 spiro atoms. The number of ether oxygens (including phenoxy) is 2. The number of hydrogen-bond donors (Lipinski definition) is 0. The second kappa shape index (κ2) is 9.34. The number of rotatable bonds is 8. The van der Waals surface area contributed by atoms with Crippen LogP contribution in [0.2, 0.25) is 0 Å². The van der Waals surface area contributed by atoms with E-state index < -0.39 is 0 Å². The van der Waals surface area contributed by atoms with Crippen molar-refractivity contribution >= 4 is 21.4 Å². The van der Waals surface area contributed by atoms with Crippen LogP contribution < -0.4 is 4.74 Å². The zero-order chi connectivity index (χ0) is 20.9. The Balaban J connectivity index is 1.72. The molecule has 30 heavy (non-hydrogen) atoms. The minimum absolute atomic E-state index is 0.492. The van der Waals surface area contributed by atoms with Crippen molar-refractivity contribution in [1.29, 1.82) is 0 Å². The fourth-order valence-corrected chi connectivity index (χ4v) is 4.32. The number of hydrogen-bond acceptors (Lipinski definition) is 6. The van der Waals surface area contributed by atoms with Crippen LogP contribution in [0.25, 0.3) is 32.6 Å². The number of nitrogens with zero attached hydrogens (tertiary/aromatic N) is 3. The van der Waals surface area contributed by atoms with Gasteiger partial charge in [0, 0.05) is 30.2 Å². The van der Waals surface area contributed by atoms with Crippen molar-refractivity contribution in [2.45, 2.75) is 6.54 Å². The highest BCUT2D eigenvalue weighted by Gasteiger charge is 2.16. The monoisotopic (exact) mass is 419 g/mol. The molecule has 4 rings (SSSR count). The molecule has 0 atom stereocenters. The highest BCUT2D eigenvalue weighted by molar-refractivity contribution is 7.17. The van der Waals surface area contributed by atoms with Crippen LogP contribution in [0.4, 0.5) is 0 Å². The molecular weight excluding hydrogens is 394 g/mol. The molecule has 5 nitrogen and oxygen atoms in total. The molecule has 2 aromatic carbocycles. The summed E-state index contributed by atoms with van der Waals surface area (Å²) in [6.45, 7) is 1.95. The second-order valence-corrected chi connectivity index (χ2v) is 8.25. The van der Waals surface area contributed by atoms with Gasteiger partial charge in [-0.3, -0.25) is 0 Å². The Morgan fingerprint density at radius 2 is 1.67 bits per heavy atom. The van der Waals surface area contributed by atoms with E-state index in [0.29, 0.717) is 13.2 Å². The summed E-state index contributed by atoms with van der Waals surface area (Å²) in [4.78, 5) is 2.16. The van der Waals surface area contributed by atoms with E-state index in [1.54, 1.807) is 18.4 Å². The molecule has 4 aromatic rings. The third kappa shape index (κ3) is 4.36. The standard InChI is InChI=1S/C24H25N3O2S/c1-27(2)16-17-8-10-18(11-9-17)22-20-12-15-30-24(20)23(26-25-22)19-6-4-5-7-21(19)29-14-13-28-3/h4-12,15H,13-14,16H2,1-3H3. The van der Waals surface area contributed by atoms with Gasteiger partial charge in [0.2, 0.25) is 0 Å². The molecular formula is C24H25N3O2S. The van der Waals surface area contributed by atoms with E-state index in [1.165, 1.54) is 5.56 Å². The summed E-state index contributed by atoms with van der Waals surface area (Å²) in [5.74, 6) is 0.791. The lowest BCUT2D eigenvalue weighted by molar-refractivity contribution is 0.146. The lowest BCUT2D eigenvalue weighted by Crippen LogP contribution is -2.10. The molecule has 0 aliphatic heterocycles. The Morgan fingerprint density at radius 1 is 0.900 bits per heavy atom. The third-order valence-corrected chi connectivity index (χ3v) is 5.72. The number of methoxy groups -OCH3 is 1. The SMILES string of the molecule is COCCOc1ccccc1-c1nnc(-c2ccc(CN(C)C)cc2)c2ccsc12. The molecule has 0 aliphatic rings. The van der Waals surface area contributed by atoms with E-state index in [0.717, 1.165) is 44.9 Å². The molecule has 0 bridgehead atoms. The minimum atomic E-state index is 0.492. The lowest BCUT2D eigenvalue weighted by atomic mass is 10.0. The maximum Gasteiger partial charge on any atom is 0.128 e. The highest BCUT2D eigenvalue weighted by atomic mass is 32.1. The van der Waals surface area contributed by atoms with Crippen molar-refractivity contribution in [2.75, 3.05) is 34.4 Å². The fraction of sp³-hybridized carbons (Fsp3) is 0.250. The summed E-state index contributed by atoms with van der Waals surface area (Å²) < 4.78 is 12.1. The Hall–Kier alpha value is -2.80. The van der Waals surface area contributed by atoms with Crippen molar-refractivity contribution in [3.8, 4) is 28.3 Å². The molecule has 0 radical (unpaired) electrons. The van der Waals surface area contributed by atoms with Gasteiger partial charge in [0.25, 0.3) is 0 Å². The topological polar surface area (TPSA) is 47.5 Å². The molecule has 0 amide bonds. The van der Waals surface area contributed by atoms with Crippen molar-refractivity contribution < 1.29 is 9.47 Å². The Labute approximate surface area is 180 Å². The zero-order valence-electron chi connectivity index (χ0n) is 17.5. The Morgan fingerprint density at radius 3 is 2.43 bits per heavy atom. The molecule has 2 aromatic heterocycles. The first kappa shape index (κ1) is 20.5. The minimum Gasteiger partial charge on any atom is -0.490 e. The number of para-hydroxylation sites is 1. The van der Waals surface area contributed by atoms with E-state index in [4.69, 9.17) is 9.47 Å². The zero-order valence-corrected chi connectivity index (χ0v) is 18.3. The molecule has 0 saturated heterocycles. The maximum atomic E-state index is 5.92. The molecule has 0 saturated carbocycles. The first-order valence-corrected chi connectivity index (χ1v) is 10.7. The predicted molar refractivity (Wildman–Crippen MR) is 123 cm³/mol. The lowest BCUT2D eigenvalue weighted by Gasteiger charge is -2.12. The Kier molecular flexibility index (Phi) is 6.38. The number of fused-ring (bicyclic) bond motifs is 1. The summed E-state index contributed by atoms with van der Waals surface area (Å²) in [6, 6.07) is 18.6. The van der Waals surface area contributed by atoms with E-state index in [9.17, 15) is 0 Å². The van der Waals surface area contributed by atoms with Crippen molar-refractivity contribution in [1.82, 2.24) is 15.1 Å². The van der Waals surface area contributed by atoms with Gasteiger partial charge in [-0.2, -0.15) is 0 Å². The van der Waals surface area contributed by atoms with Crippen molar-refractivity contribution in [3.63, 3.8) is 0 Å². The Bertz CT molecular complexity index is 1120. The van der Waals surface area contributed by atoms with Gasteiger partial charge in [-0.05, 0) is 43.2 Å². The first-order valence-electron chi connectivity index (χ1n) is 9.86. The van der Waals surface area contributed by atoms with Crippen LogP contribution in [0, 0.1) is 0 Å². The summed E-state index contributed by atoms with van der Waals surface area (Å²) in [5, 5.41) is 12.4. The van der Waals surface area contributed by atoms with E-state index in [1.807, 2.05) is 24.3 Å². The van der Waals surface area contributed by atoms with Gasteiger partial charge >= 0.3 is 0 Å². The average molecular weight is 420 g/mol. The van der Waals surface area contributed by atoms with E-state index in [-0.39, 0.29) is 0 Å². The average Bonchev–Trinajstić information content (AvgIpc) is 3.24. The molecule has 0 aliphatic carbocycles. The highest BCUT2D eigenvalue weighted by Crippen LogP contribution is 2.38. The van der Waals surface area contributed by atoms with Gasteiger partial charge in [0.15, 0.2) is 0 Å². The van der Waals surface area contributed by atoms with Gasteiger partial charge in [-0.25, -0.2) is 0 Å². The molecule has 0 fully saturated rings. The van der Waals surface area contributed by atoms with Gasteiger partial charge in [0.05, 0.1) is 11.3 Å². The summed E-state index contributed by atoms with van der Waals surface area (Å²) in [6.07, 6.45) is 0. The molecule has 0 unspecified atom stereocenters. The molecule has 6 heteroatoms. The van der Waals surface area contributed by atoms with E-state index >= 15 is 0 Å². The van der Waals surface area contributed by atoms with Gasteiger partial charge in [0.1, 0.15) is 23.7 Å². The third-order valence-electron chi connectivity index (χ3n) is 4.80. The van der Waals surface area contributed by atoms with Crippen LogP contribution >= 0.6 is 11.3 Å². The van der Waals surface area contributed by atoms with E-state index in [2.05, 4.69) is 64.9 Å². The summed E-state index contributed by atoms with van der Waals surface area (Å²) in [7, 11) is 5.81. The van der Waals surface area contributed by atoms with Crippen LogP contribution in [0.15, 0.2) is 60.0 Å². The normalized spacial score (nSPS) is 11.3. The molecule has 2 heterocycles. The van der Waals surface area contributed by atoms with Crippen LogP contribution in [0.3, 0.4) is 0 Å². The number of benzene rings is 2. The number of thiophene rings is 1. The second-order valence-electron chi connectivity index (χ2n) is 7.33. The summed E-state index contributed by atoms with van der Waals surface area (Å²) >= 11 is 1.68. The van der Waals surface area contributed by atoms with Gasteiger partial charge < -0.3 is 14.4 Å². The van der Waals surface area contributed by atoms with Crippen molar-refractivity contribution in [3.05, 3.63) is 65.5 Å². The van der Waals surface area contributed by atoms with Crippen LogP contribution in [0.5, 0.6) is 5.75 Å². The number of aromatic nitrogens is 2. The quantitative estimate of drug-likeness (QED) is 0.371.